The second kappa shape index (κ2) is 8.21. The number of hydrogen-bond donors (Lipinski definition) is 2. The third kappa shape index (κ3) is 5.20. The second-order valence-corrected chi connectivity index (χ2v) is 8.43. The Morgan fingerprint density at radius 3 is 2.55 bits per heavy atom. The van der Waals surface area contributed by atoms with Crippen LogP contribution in [0.2, 0.25) is 5.02 Å². The Bertz CT molecular complexity index is 1020. The second-order valence-electron chi connectivity index (χ2n) is 6.31. The molecule has 0 saturated carbocycles. The molecule has 2 aromatic rings. The Morgan fingerprint density at radius 1 is 1.17 bits per heavy atom. The lowest BCUT2D eigenvalue weighted by Crippen LogP contribution is -2.27. The van der Waals surface area contributed by atoms with E-state index in [0.29, 0.717) is 25.5 Å². The molecule has 6 nitrogen and oxygen atoms in total. The van der Waals surface area contributed by atoms with Crippen molar-refractivity contribution in [3.05, 3.63) is 53.1 Å². The molecule has 0 aliphatic carbocycles. The smallest absolute Gasteiger partial charge is 0.368 e. The first-order valence-corrected chi connectivity index (χ1v) is 10.3. The molecule has 2 N–H and O–H groups in total. The minimum atomic E-state index is -4.86. The molecule has 1 heterocycles. The summed E-state index contributed by atoms with van der Waals surface area (Å²) in [6.45, 7) is 0.413. The van der Waals surface area contributed by atoms with Crippen molar-refractivity contribution in [3.63, 3.8) is 0 Å². The van der Waals surface area contributed by atoms with E-state index in [9.17, 15) is 26.4 Å². The summed E-state index contributed by atoms with van der Waals surface area (Å²) in [5.74, 6) is -0.553. The molecule has 1 aliphatic heterocycles. The van der Waals surface area contributed by atoms with E-state index in [2.05, 4.69) is 5.32 Å². The van der Waals surface area contributed by atoms with Crippen LogP contribution >= 0.6 is 11.6 Å². The summed E-state index contributed by atoms with van der Waals surface area (Å²) in [6.07, 6.45) is -4.41. The maximum absolute atomic E-state index is 13.5. The van der Waals surface area contributed by atoms with Crippen LogP contribution in [0.25, 0.3) is 0 Å². The van der Waals surface area contributed by atoms with Gasteiger partial charge in [0.1, 0.15) is 6.10 Å². The number of carbonyl (C=O) groups excluding carboxylic acids is 1. The molecular formula is C18H16ClF3N2O4S. The summed E-state index contributed by atoms with van der Waals surface area (Å²) < 4.78 is 72.6. The number of halogens is 4. The average molecular weight is 449 g/mol. The summed E-state index contributed by atoms with van der Waals surface area (Å²) in [5.41, 5.74) is -2.04. The van der Waals surface area contributed by atoms with Crippen LogP contribution in [0.1, 0.15) is 18.4 Å². The number of ether oxygens (including phenoxy) is 1. The summed E-state index contributed by atoms with van der Waals surface area (Å²) in [7, 11) is -4.31. The van der Waals surface area contributed by atoms with Crippen LogP contribution in [0.4, 0.5) is 24.5 Å². The number of sulfonamides is 1. The Hall–Kier alpha value is -2.30. The zero-order valence-corrected chi connectivity index (χ0v) is 16.4. The van der Waals surface area contributed by atoms with E-state index in [1.54, 1.807) is 0 Å². The minimum absolute atomic E-state index is 0.121. The van der Waals surface area contributed by atoms with Gasteiger partial charge in [0.05, 0.1) is 16.1 Å². The summed E-state index contributed by atoms with van der Waals surface area (Å²) in [6, 6.07) is 7.92. The van der Waals surface area contributed by atoms with Gasteiger partial charge >= 0.3 is 6.18 Å². The zero-order valence-electron chi connectivity index (χ0n) is 14.8. The van der Waals surface area contributed by atoms with Gasteiger partial charge in [0, 0.05) is 17.3 Å². The molecule has 1 saturated heterocycles. The number of nitrogens with one attached hydrogen (secondary N) is 2. The normalized spacial score (nSPS) is 17.2. The van der Waals surface area contributed by atoms with Crippen LogP contribution < -0.4 is 10.0 Å². The first-order chi connectivity index (χ1) is 13.6. The van der Waals surface area contributed by atoms with Crippen molar-refractivity contribution in [2.45, 2.75) is 30.0 Å². The highest BCUT2D eigenvalue weighted by Gasteiger charge is 2.35. The highest BCUT2D eigenvalue weighted by molar-refractivity contribution is 7.92. The molecule has 1 aliphatic rings. The first kappa shape index (κ1) is 21.4. The molecule has 1 amide bonds. The first-order valence-electron chi connectivity index (χ1n) is 8.48. The number of amides is 1. The van der Waals surface area contributed by atoms with Gasteiger partial charge in [-0.2, -0.15) is 13.2 Å². The zero-order chi connectivity index (χ0) is 21.2. The van der Waals surface area contributed by atoms with Gasteiger partial charge in [-0.3, -0.25) is 9.52 Å². The van der Waals surface area contributed by atoms with Crippen LogP contribution in [-0.2, 0) is 25.7 Å². The van der Waals surface area contributed by atoms with Gasteiger partial charge in [-0.1, -0.05) is 17.7 Å². The van der Waals surface area contributed by atoms with E-state index in [1.807, 2.05) is 4.72 Å². The minimum Gasteiger partial charge on any atom is -0.368 e. The van der Waals surface area contributed by atoms with Gasteiger partial charge < -0.3 is 10.1 Å². The van der Waals surface area contributed by atoms with Gasteiger partial charge in [-0.05, 0) is 49.2 Å². The van der Waals surface area contributed by atoms with Crippen LogP contribution in [0.15, 0.2) is 47.4 Å². The van der Waals surface area contributed by atoms with Gasteiger partial charge in [0.25, 0.3) is 15.9 Å². The van der Waals surface area contributed by atoms with Gasteiger partial charge in [0.15, 0.2) is 0 Å². The Morgan fingerprint density at radius 2 is 1.93 bits per heavy atom. The van der Waals surface area contributed by atoms with Crippen LogP contribution in [0.5, 0.6) is 0 Å². The molecular weight excluding hydrogens is 433 g/mol. The fourth-order valence-corrected chi connectivity index (χ4v) is 4.17. The van der Waals surface area contributed by atoms with E-state index in [0.717, 1.165) is 12.1 Å². The lowest BCUT2D eigenvalue weighted by atomic mass is 10.1. The number of anilines is 2. The number of carbonyl (C=O) groups is 1. The highest BCUT2D eigenvalue weighted by Crippen LogP contribution is 2.37. The van der Waals surface area contributed by atoms with E-state index < -0.39 is 39.5 Å². The van der Waals surface area contributed by atoms with Crippen molar-refractivity contribution in [1.29, 1.82) is 0 Å². The predicted molar refractivity (Wildman–Crippen MR) is 101 cm³/mol. The third-order valence-electron chi connectivity index (χ3n) is 4.17. The van der Waals surface area contributed by atoms with E-state index in [4.69, 9.17) is 16.3 Å². The monoisotopic (exact) mass is 448 g/mol. The van der Waals surface area contributed by atoms with Crippen LogP contribution in [-0.4, -0.2) is 27.0 Å². The molecule has 3 rings (SSSR count). The molecule has 0 radical (unpaired) electrons. The van der Waals surface area contributed by atoms with Crippen molar-refractivity contribution in [2.75, 3.05) is 16.6 Å². The Labute approximate surface area is 170 Å². The highest BCUT2D eigenvalue weighted by atomic mass is 35.5. The molecule has 1 fully saturated rings. The standard InChI is InChI=1S/C18H16ClF3N2O4S/c19-11-3-1-4-13(9-11)29(26,27)24-15-7-6-12(10-14(15)18(20,21)22)23-17(25)16-5-2-8-28-16/h1,3-4,6-7,9-10,16,24H,2,5,8H2,(H,23,25)/t16-/m1/s1. The molecule has 156 valence electrons. The molecule has 1 atom stereocenters. The Balaban J connectivity index is 1.89. The number of alkyl halides is 3. The lowest BCUT2D eigenvalue weighted by Gasteiger charge is -2.17. The molecule has 0 spiro atoms. The fourth-order valence-electron chi connectivity index (χ4n) is 2.79. The van der Waals surface area contributed by atoms with Crippen molar-refractivity contribution in [2.24, 2.45) is 0 Å². The van der Waals surface area contributed by atoms with Gasteiger partial charge in [0.2, 0.25) is 0 Å². The van der Waals surface area contributed by atoms with E-state index >= 15 is 0 Å². The van der Waals surface area contributed by atoms with Crippen molar-refractivity contribution >= 4 is 38.9 Å². The molecule has 0 bridgehead atoms. The van der Waals surface area contributed by atoms with Crippen LogP contribution in [0, 0.1) is 0 Å². The van der Waals surface area contributed by atoms with Crippen molar-refractivity contribution < 1.29 is 31.1 Å². The third-order valence-corrected chi connectivity index (χ3v) is 5.76. The number of benzene rings is 2. The quantitative estimate of drug-likeness (QED) is 0.715. The maximum Gasteiger partial charge on any atom is 0.418 e. The Kier molecular flexibility index (Phi) is 6.06. The average Bonchev–Trinajstić information content (AvgIpc) is 3.17. The summed E-state index contributed by atoms with van der Waals surface area (Å²) in [4.78, 5) is 11.8. The van der Waals surface area contributed by atoms with E-state index in [1.165, 1.54) is 24.3 Å². The fraction of sp³-hybridized carbons (Fsp3) is 0.278. The number of rotatable bonds is 5. The SMILES string of the molecule is O=C(Nc1ccc(NS(=O)(=O)c2cccc(Cl)c2)c(C(F)(F)F)c1)[C@H]1CCCO1. The molecule has 29 heavy (non-hydrogen) atoms. The lowest BCUT2D eigenvalue weighted by molar-refractivity contribution is -0.137. The van der Waals surface area contributed by atoms with E-state index in [-0.39, 0.29) is 15.6 Å². The predicted octanol–water partition coefficient (Wildman–Crippen LogP) is 4.28. The summed E-state index contributed by atoms with van der Waals surface area (Å²) in [5, 5.41) is 2.49. The summed E-state index contributed by atoms with van der Waals surface area (Å²) >= 11 is 5.76. The molecule has 0 unspecified atom stereocenters. The largest absolute Gasteiger partial charge is 0.418 e. The molecule has 0 aromatic heterocycles. The molecule has 11 heteroatoms. The van der Waals surface area contributed by atoms with Crippen LogP contribution in [0.3, 0.4) is 0 Å². The number of hydrogen-bond acceptors (Lipinski definition) is 4. The maximum atomic E-state index is 13.5. The van der Waals surface area contributed by atoms with Crippen molar-refractivity contribution in [3.8, 4) is 0 Å². The van der Waals surface area contributed by atoms with Crippen molar-refractivity contribution in [1.82, 2.24) is 0 Å². The van der Waals surface area contributed by atoms with Gasteiger partial charge in [-0.25, -0.2) is 8.42 Å². The van der Waals surface area contributed by atoms with Gasteiger partial charge in [-0.15, -0.1) is 0 Å². The topological polar surface area (TPSA) is 84.5 Å². The molecule has 2 aromatic carbocycles.